The normalized spacial score (nSPS) is 11.9. The van der Waals surface area contributed by atoms with Gasteiger partial charge in [-0.15, -0.1) is 5.10 Å². The lowest BCUT2D eigenvalue weighted by Gasteiger charge is -2.11. The van der Waals surface area contributed by atoms with E-state index in [0.717, 1.165) is 5.56 Å². The van der Waals surface area contributed by atoms with Crippen LogP contribution < -0.4 is 10.1 Å². The molecule has 3 N–H and O–H groups in total. The number of aromatic nitrogens is 5. The number of anilines is 1. The third-order valence-electron chi connectivity index (χ3n) is 4.19. The highest BCUT2D eigenvalue weighted by Crippen LogP contribution is 2.23. The Morgan fingerprint density at radius 2 is 2.10 bits per heavy atom. The Labute approximate surface area is 170 Å². The van der Waals surface area contributed by atoms with Gasteiger partial charge in [0.1, 0.15) is 18.5 Å². The number of imidazole rings is 1. The Balaban J connectivity index is 1.60. The van der Waals surface area contributed by atoms with Gasteiger partial charge in [0, 0.05) is 11.8 Å². The van der Waals surface area contributed by atoms with Crippen LogP contribution in [0.1, 0.15) is 10.5 Å². The number of benzene rings is 1. The van der Waals surface area contributed by atoms with E-state index in [1.807, 2.05) is 6.07 Å². The summed E-state index contributed by atoms with van der Waals surface area (Å²) in [6, 6.07) is 14.0. The fourth-order valence-electron chi connectivity index (χ4n) is 2.72. The molecule has 0 aliphatic heterocycles. The summed E-state index contributed by atoms with van der Waals surface area (Å²) in [5, 5.41) is 33.1. The topological polar surface area (TPSA) is 135 Å². The lowest BCUT2D eigenvalue weighted by atomic mass is 10.1. The van der Waals surface area contributed by atoms with E-state index in [9.17, 15) is 9.90 Å². The van der Waals surface area contributed by atoms with Gasteiger partial charge in [-0.2, -0.15) is 10.2 Å². The van der Waals surface area contributed by atoms with Crippen LogP contribution in [0.5, 0.6) is 5.75 Å². The number of aliphatic hydroxyl groups excluding tert-OH is 2. The van der Waals surface area contributed by atoms with E-state index in [1.165, 1.54) is 16.9 Å². The largest absolute Gasteiger partial charge is 0.491 e. The molecule has 10 heteroatoms. The fraction of sp³-hybridized carbons (Fsp3) is 0.150. The van der Waals surface area contributed by atoms with Gasteiger partial charge in [-0.3, -0.25) is 4.79 Å². The van der Waals surface area contributed by atoms with Crippen LogP contribution in [-0.2, 0) is 0 Å². The van der Waals surface area contributed by atoms with Crippen molar-refractivity contribution >= 4 is 17.4 Å². The molecule has 0 unspecified atom stereocenters. The number of nitrogens with one attached hydrogen (secondary N) is 1. The molecule has 0 saturated carbocycles. The Hall–Kier alpha value is -3.89. The van der Waals surface area contributed by atoms with E-state index in [0.29, 0.717) is 22.9 Å². The first-order valence-electron chi connectivity index (χ1n) is 9.10. The second kappa shape index (κ2) is 8.64. The Bertz CT molecular complexity index is 1160. The second-order valence-corrected chi connectivity index (χ2v) is 6.37. The Kier molecular flexibility index (Phi) is 5.59. The number of fused-ring (bicyclic) bond motifs is 1. The number of amides is 1. The molecule has 4 aromatic rings. The van der Waals surface area contributed by atoms with E-state index < -0.39 is 12.0 Å². The van der Waals surface area contributed by atoms with E-state index in [2.05, 4.69) is 25.6 Å². The van der Waals surface area contributed by atoms with Crippen molar-refractivity contribution in [2.45, 2.75) is 6.10 Å². The maximum absolute atomic E-state index is 12.6. The van der Waals surface area contributed by atoms with Gasteiger partial charge in [0.25, 0.3) is 5.91 Å². The van der Waals surface area contributed by atoms with E-state index >= 15 is 0 Å². The predicted molar refractivity (Wildman–Crippen MR) is 107 cm³/mol. The van der Waals surface area contributed by atoms with Gasteiger partial charge in [-0.25, -0.2) is 9.50 Å². The maximum Gasteiger partial charge on any atom is 0.277 e. The minimum Gasteiger partial charge on any atom is -0.491 e. The van der Waals surface area contributed by atoms with Crippen molar-refractivity contribution in [2.24, 2.45) is 0 Å². The minimum absolute atomic E-state index is 0.0271. The van der Waals surface area contributed by atoms with Crippen LogP contribution in [-0.4, -0.2) is 60.2 Å². The van der Waals surface area contributed by atoms with Crippen molar-refractivity contribution < 1.29 is 19.7 Å². The number of carbonyl (C=O) groups excluding carboxylic acids is 1. The molecule has 1 atom stereocenters. The fourth-order valence-corrected chi connectivity index (χ4v) is 2.72. The highest BCUT2D eigenvalue weighted by molar-refractivity contribution is 6.02. The number of ether oxygens (including phenoxy) is 1. The molecule has 30 heavy (non-hydrogen) atoms. The first kappa shape index (κ1) is 19.4. The third-order valence-corrected chi connectivity index (χ3v) is 4.19. The summed E-state index contributed by atoms with van der Waals surface area (Å²) in [6.07, 6.45) is 2.00. The number of carbonyl (C=O) groups is 1. The summed E-state index contributed by atoms with van der Waals surface area (Å²) in [5.41, 5.74) is 2.11. The zero-order valence-electron chi connectivity index (χ0n) is 15.7. The summed E-state index contributed by atoms with van der Waals surface area (Å²) in [5.74, 6) is 0.430. The first-order valence-corrected chi connectivity index (χ1v) is 9.10. The van der Waals surface area contributed by atoms with E-state index in [1.54, 1.807) is 42.5 Å². The van der Waals surface area contributed by atoms with Crippen LogP contribution in [0.15, 0.2) is 60.9 Å². The van der Waals surface area contributed by atoms with Crippen LogP contribution >= 0.6 is 0 Å². The molecule has 0 bridgehead atoms. The predicted octanol–water partition coefficient (Wildman–Crippen LogP) is 1.17. The second-order valence-electron chi connectivity index (χ2n) is 6.37. The smallest absolute Gasteiger partial charge is 0.277 e. The van der Waals surface area contributed by atoms with Gasteiger partial charge in [0.05, 0.1) is 18.5 Å². The molecule has 1 amide bonds. The number of hydrogen-bond acceptors (Lipinski definition) is 8. The molecule has 0 spiro atoms. The van der Waals surface area contributed by atoms with Gasteiger partial charge in [-0.05, 0) is 36.4 Å². The lowest BCUT2D eigenvalue weighted by molar-refractivity contribution is 0.0536. The molecule has 0 saturated heterocycles. The SMILES string of the molecule is O=C(Nc1cccnn1)c1cnc2ccc(-c3cccc(OC[C@H](O)CO)c3)nn12. The molecular formula is C20H18N6O4. The molecule has 0 fully saturated rings. The first-order chi connectivity index (χ1) is 14.6. The van der Waals surface area contributed by atoms with Crippen molar-refractivity contribution in [3.8, 4) is 17.0 Å². The van der Waals surface area contributed by atoms with Crippen molar-refractivity contribution in [2.75, 3.05) is 18.5 Å². The van der Waals surface area contributed by atoms with Crippen LogP contribution in [0.3, 0.4) is 0 Å². The number of hydrogen-bond donors (Lipinski definition) is 3. The van der Waals surface area contributed by atoms with Crippen molar-refractivity contribution in [3.05, 3.63) is 66.6 Å². The number of rotatable bonds is 7. The van der Waals surface area contributed by atoms with Crippen molar-refractivity contribution in [3.63, 3.8) is 0 Å². The van der Waals surface area contributed by atoms with Gasteiger partial charge in [0.15, 0.2) is 17.2 Å². The quantitative estimate of drug-likeness (QED) is 0.416. The van der Waals surface area contributed by atoms with Gasteiger partial charge in [0.2, 0.25) is 0 Å². The maximum atomic E-state index is 12.6. The Morgan fingerprint density at radius 3 is 2.90 bits per heavy atom. The highest BCUT2D eigenvalue weighted by Gasteiger charge is 2.15. The summed E-state index contributed by atoms with van der Waals surface area (Å²) >= 11 is 0. The molecule has 0 radical (unpaired) electrons. The third kappa shape index (κ3) is 4.24. The average Bonchev–Trinajstić information content (AvgIpc) is 3.22. The van der Waals surface area contributed by atoms with Crippen LogP contribution in [0.2, 0.25) is 0 Å². The van der Waals surface area contributed by atoms with Crippen LogP contribution in [0, 0.1) is 0 Å². The Morgan fingerprint density at radius 1 is 1.20 bits per heavy atom. The molecule has 1 aromatic carbocycles. The van der Waals surface area contributed by atoms with E-state index in [-0.39, 0.29) is 18.9 Å². The highest BCUT2D eigenvalue weighted by atomic mass is 16.5. The molecule has 0 aliphatic carbocycles. The van der Waals surface area contributed by atoms with Crippen LogP contribution in [0.25, 0.3) is 16.9 Å². The molecule has 3 aromatic heterocycles. The standard InChI is InChI=1S/C20H18N6O4/c27-11-14(28)12-30-15-4-1-3-13(9-15)16-6-7-19-21-10-17(26(19)25-16)20(29)23-18-5-2-8-22-24-18/h1-10,14,27-28H,11-12H2,(H,23,24,29)/t14-/m1/s1. The summed E-state index contributed by atoms with van der Waals surface area (Å²) in [4.78, 5) is 16.8. The van der Waals surface area contributed by atoms with Crippen LogP contribution in [0.4, 0.5) is 5.82 Å². The number of nitrogens with zero attached hydrogens (tertiary/aromatic N) is 5. The summed E-state index contributed by atoms with van der Waals surface area (Å²) in [7, 11) is 0. The van der Waals surface area contributed by atoms with Gasteiger partial charge >= 0.3 is 0 Å². The van der Waals surface area contributed by atoms with Crippen molar-refractivity contribution in [1.29, 1.82) is 0 Å². The lowest BCUT2D eigenvalue weighted by Crippen LogP contribution is -2.21. The molecular weight excluding hydrogens is 388 g/mol. The monoisotopic (exact) mass is 406 g/mol. The number of aliphatic hydroxyl groups is 2. The summed E-state index contributed by atoms with van der Waals surface area (Å²) < 4.78 is 6.94. The zero-order valence-corrected chi connectivity index (χ0v) is 15.7. The van der Waals surface area contributed by atoms with Gasteiger partial charge < -0.3 is 20.3 Å². The van der Waals surface area contributed by atoms with Gasteiger partial charge in [-0.1, -0.05) is 12.1 Å². The van der Waals surface area contributed by atoms with E-state index in [4.69, 9.17) is 9.84 Å². The molecule has 4 rings (SSSR count). The summed E-state index contributed by atoms with van der Waals surface area (Å²) in [6.45, 7) is -0.404. The zero-order chi connectivity index (χ0) is 20.9. The van der Waals surface area contributed by atoms with Crippen molar-refractivity contribution in [1.82, 2.24) is 24.8 Å². The average molecular weight is 406 g/mol. The molecule has 3 heterocycles. The molecule has 152 valence electrons. The molecule has 10 nitrogen and oxygen atoms in total. The molecule has 0 aliphatic rings. The minimum atomic E-state index is -0.954.